The van der Waals surface area contributed by atoms with Gasteiger partial charge in [-0.15, -0.1) is 5.10 Å². The highest BCUT2D eigenvalue weighted by atomic mass is 16.7. The van der Waals surface area contributed by atoms with Gasteiger partial charge in [-0.1, -0.05) is 12.1 Å². The fourth-order valence-corrected chi connectivity index (χ4v) is 3.62. The average molecular weight is 532 g/mol. The number of aliphatic hydroxyl groups excluding tert-OH is 3. The lowest BCUT2D eigenvalue weighted by molar-refractivity contribution is -0.278. The van der Waals surface area contributed by atoms with Crippen LogP contribution in [-0.2, 0) is 20.6 Å². The fraction of sp³-hybridized carbons (Fsp3) is 0.615. The Morgan fingerprint density at radius 1 is 1.14 bits per heavy atom. The summed E-state index contributed by atoms with van der Waals surface area (Å²) in [5, 5.41) is 35.6. The lowest BCUT2D eigenvalue weighted by atomic mass is 9.99. The highest BCUT2D eigenvalue weighted by Crippen LogP contribution is 2.31. The van der Waals surface area contributed by atoms with Gasteiger partial charge in [0.25, 0.3) is 0 Å². The Morgan fingerprint density at radius 2 is 1.86 bits per heavy atom. The number of aliphatic hydroxyl groups is 3. The number of benzene rings is 1. The van der Waals surface area contributed by atoms with Crippen LogP contribution in [0.3, 0.4) is 0 Å². The monoisotopic (exact) mass is 531 g/mol. The van der Waals surface area contributed by atoms with Crippen molar-refractivity contribution in [3.8, 4) is 11.6 Å². The Bertz CT molecular complexity index is 1300. The van der Waals surface area contributed by atoms with Gasteiger partial charge in [-0.25, -0.2) is 4.79 Å². The van der Waals surface area contributed by atoms with E-state index in [1.54, 1.807) is 24.3 Å². The Morgan fingerprint density at radius 3 is 2.49 bits per heavy atom. The third-order valence-electron chi connectivity index (χ3n) is 5.42. The molecule has 37 heavy (non-hydrogen) atoms. The van der Waals surface area contributed by atoms with Crippen LogP contribution in [0, 0.1) is 6.85 Å². The van der Waals surface area contributed by atoms with Gasteiger partial charge in [0.2, 0.25) is 12.2 Å². The molecule has 3 rings (SSSR count). The van der Waals surface area contributed by atoms with Crippen LogP contribution in [0.2, 0.25) is 0 Å². The summed E-state index contributed by atoms with van der Waals surface area (Å²) in [5.41, 5.74) is -0.547. The predicted octanol–water partition coefficient (Wildman–Crippen LogP) is 2.51. The highest BCUT2D eigenvalue weighted by Gasteiger charge is 2.46. The SMILES string of the molecule is [2H]C([2H])([2H])c1c(Cc2ccc(OC(C)C)cc2)c(O[C@@H]2O[C@H](COC(=O)OCC)[C@@H](O)[C@H](O)[C@H]2O)nn1C(C([2H])([2H])[2H])C([2H])([2H])[2H]. The molecule has 11 nitrogen and oxygen atoms in total. The van der Waals surface area contributed by atoms with Crippen molar-refractivity contribution >= 4 is 6.16 Å². The second kappa shape index (κ2) is 12.6. The molecule has 1 aromatic carbocycles. The van der Waals surface area contributed by atoms with E-state index in [0.29, 0.717) is 16.0 Å². The van der Waals surface area contributed by atoms with Gasteiger partial charge in [-0.3, -0.25) is 4.68 Å². The van der Waals surface area contributed by atoms with Gasteiger partial charge in [0.1, 0.15) is 36.8 Å². The Hall–Kier alpha value is -2.86. The van der Waals surface area contributed by atoms with Crippen molar-refractivity contribution in [2.45, 2.75) is 90.6 Å². The molecular weight excluding hydrogens is 484 g/mol. The quantitative estimate of drug-likeness (QED) is 0.392. The standard InChI is InChI=1S/C26H38N2O9/c1-7-33-26(32)34-13-20-21(29)22(30)23(31)25(36-20)37-24-19(16(6)28(27-24)14(2)3)12-17-8-10-18(11-9-17)35-15(4)5/h8-11,14-15,20-23,25,29-31H,7,12-13H2,1-6H3/t20-,21-,22+,23-,25+/m1/s1/i2D3,3D3,6D3. The predicted molar refractivity (Wildman–Crippen MR) is 133 cm³/mol. The molecule has 3 N–H and O–H groups in total. The zero-order valence-electron chi connectivity index (χ0n) is 29.7. The third-order valence-corrected chi connectivity index (χ3v) is 5.42. The van der Waals surface area contributed by atoms with Crippen molar-refractivity contribution in [1.82, 2.24) is 9.78 Å². The molecule has 0 saturated carbocycles. The van der Waals surface area contributed by atoms with E-state index >= 15 is 0 Å². The lowest BCUT2D eigenvalue weighted by Gasteiger charge is -2.39. The molecule has 5 atom stereocenters. The van der Waals surface area contributed by atoms with Crippen LogP contribution in [0.25, 0.3) is 0 Å². The van der Waals surface area contributed by atoms with Crippen LogP contribution >= 0.6 is 0 Å². The first-order valence-electron chi connectivity index (χ1n) is 16.2. The van der Waals surface area contributed by atoms with E-state index in [2.05, 4.69) is 9.84 Å². The van der Waals surface area contributed by atoms with E-state index in [9.17, 15) is 20.1 Å². The number of carbonyl (C=O) groups excluding carboxylic acids is 1. The molecule has 0 amide bonds. The van der Waals surface area contributed by atoms with E-state index in [0.717, 1.165) is 0 Å². The first kappa shape index (κ1) is 18.4. The minimum Gasteiger partial charge on any atom is -0.491 e. The Kier molecular flexibility index (Phi) is 6.26. The van der Waals surface area contributed by atoms with Crippen molar-refractivity contribution in [3.63, 3.8) is 0 Å². The molecule has 0 radical (unpaired) electrons. The van der Waals surface area contributed by atoms with Gasteiger partial charge >= 0.3 is 6.16 Å². The molecule has 1 aliphatic rings. The van der Waals surface area contributed by atoms with Crippen LogP contribution in [0.5, 0.6) is 11.6 Å². The molecule has 206 valence electrons. The number of carbonyl (C=O) groups is 1. The second-order valence-corrected chi connectivity index (χ2v) is 8.59. The molecular formula is C26H38N2O9. The van der Waals surface area contributed by atoms with Crippen LogP contribution in [0.1, 0.15) is 69.7 Å². The average Bonchev–Trinajstić information content (AvgIpc) is 3.24. The van der Waals surface area contributed by atoms with Crippen molar-refractivity contribution in [2.75, 3.05) is 13.2 Å². The first-order valence-corrected chi connectivity index (χ1v) is 11.7. The molecule has 1 aromatic heterocycles. The maximum absolute atomic E-state index is 11.7. The van der Waals surface area contributed by atoms with E-state index in [4.69, 9.17) is 31.3 Å². The van der Waals surface area contributed by atoms with Gasteiger partial charge in [-0.05, 0) is 59.0 Å². The van der Waals surface area contributed by atoms with E-state index in [-0.39, 0.29) is 24.7 Å². The zero-order chi connectivity index (χ0) is 34.8. The summed E-state index contributed by atoms with van der Waals surface area (Å²) < 4.78 is 99.1. The van der Waals surface area contributed by atoms with Crippen LogP contribution in [0.15, 0.2) is 24.3 Å². The molecule has 1 saturated heterocycles. The minimum atomic E-state index is -3.27. The maximum atomic E-state index is 11.7. The van der Waals surface area contributed by atoms with E-state index in [1.165, 1.54) is 6.92 Å². The van der Waals surface area contributed by atoms with Crippen molar-refractivity contribution in [2.24, 2.45) is 0 Å². The molecule has 1 fully saturated rings. The van der Waals surface area contributed by atoms with Crippen LogP contribution in [-0.4, -0.2) is 81.3 Å². The smallest absolute Gasteiger partial charge is 0.491 e. The van der Waals surface area contributed by atoms with Gasteiger partial charge < -0.3 is 39.0 Å². The summed E-state index contributed by atoms with van der Waals surface area (Å²) in [5.74, 6) is -0.112. The highest BCUT2D eigenvalue weighted by molar-refractivity contribution is 5.59. The largest absolute Gasteiger partial charge is 0.508 e. The van der Waals surface area contributed by atoms with Gasteiger partial charge in [-0.2, -0.15) is 0 Å². The molecule has 11 heteroatoms. The number of hydrogen-bond acceptors (Lipinski definition) is 10. The maximum Gasteiger partial charge on any atom is 0.508 e. The number of hydrogen-bond donors (Lipinski definition) is 3. The van der Waals surface area contributed by atoms with Gasteiger partial charge in [0.05, 0.1) is 12.7 Å². The normalized spacial score (nSPS) is 28.4. The summed E-state index contributed by atoms with van der Waals surface area (Å²) >= 11 is 0. The van der Waals surface area contributed by atoms with Gasteiger partial charge in [0.15, 0.2) is 0 Å². The lowest BCUT2D eigenvalue weighted by Crippen LogP contribution is -2.60. The Labute approximate surface area is 229 Å². The van der Waals surface area contributed by atoms with E-state index in [1.807, 2.05) is 13.8 Å². The number of ether oxygens (including phenoxy) is 5. The topological polar surface area (TPSA) is 142 Å². The minimum absolute atomic E-state index is 0.0157. The first-order chi connectivity index (χ1) is 21.1. The molecule has 2 aromatic rings. The molecule has 2 heterocycles. The van der Waals surface area contributed by atoms with Crippen molar-refractivity contribution < 1.29 is 56.1 Å². The van der Waals surface area contributed by atoms with Crippen LogP contribution < -0.4 is 9.47 Å². The Balaban J connectivity index is 2.14. The fourth-order valence-electron chi connectivity index (χ4n) is 3.62. The van der Waals surface area contributed by atoms with E-state index < -0.39 is 81.6 Å². The number of rotatable bonds is 10. The molecule has 0 aliphatic carbocycles. The molecule has 1 aliphatic heterocycles. The number of aromatic nitrogens is 2. The van der Waals surface area contributed by atoms with Crippen molar-refractivity contribution in [3.05, 3.63) is 41.1 Å². The summed E-state index contributed by atoms with van der Waals surface area (Å²) in [6.07, 6.45) is -10.6. The molecule has 0 spiro atoms. The van der Waals surface area contributed by atoms with Gasteiger partial charge in [0, 0.05) is 36.1 Å². The summed E-state index contributed by atoms with van der Waals surface area (Å²) in [7, 11) is 0. The summed E-state index contributed by atoms with van der Waals surface area (Å²) in [4.78, 5) is 11.7. The third kappa shape index (κ3) is 7.13. The van der Waals surface area contributed by atoms with Crippen LogP contribution in [0.4, 0.5) is 4.79 Å². The second-order valence-electron chi connectivity index (χ2n) is 8.59. The molecule has 0 bridgehead atoms. The number of nitrogens with zero attached hydrogens (tertiary/aromatic N) is 2. The van der Waals surface area contributed by atoms with Crippen molar-refractivity contribution in [1.29, 1.82) is 0 Å². The zero-order valence-corrected chi connectivity index (χ0v) is 20.7. The summed E-state index contributed by atoms with van der Waals surface area (Å²) in [6, 6.07) is 4.00. The summed E-state index contributed by atoms with van der Waals surface area (Å²) in [6.45, 7) is -5.15. The molecule has 0 unspecified atom stereocenters.